The molecule has 0 fully saturated rings. The number of hydrogen-bond donors (Lipinski definition) is 2. The number of aromatic nitrogens is 5. The predicted molar refractivity (Wildman–Crippen MR) is 139 cm³/mol. The lowest BCUT2D eigenvalue weighted by Crippen LogP contribution is -2.25. The Morgan fingerprint density at radius 3 is 2.68 bits per heavy atom. The summed E-state index contributed by atoms with van der Waals surface area (Å²) < 4.78 is 1.70. The third-order valence-electron chi connectivity index (χ3n) is 5.10. The van der Waals surface area contributed by atoms with Gasteiger partial charge in [-0.05, 0) is 42.2 Å². The molecule has 3 N–H and O–H groups in total. The Labute approximate surface area is 207 Å². The molecule has 0 amide bonds. The van der Waals surface area contributed by atoms with Crippen molar-refractivity contribution in [1.82, 2.24) is 24.5 Å². The zero-order valence-corrected chi connectivity index (χ0v) is 20.8. The molecule has 2 aromatic carbocycles. The molecule has 10 heteroatoms. The van der Waals surface area contributed by atoms with Crippen molar-refractivity contribution in [2.45, 2.75) is 44.6 Å². The number of nitrogens with one attached hydrogen (secondary N) is 1. The van der Waals surface area contributed by atoms with Gasteiger partial charge in [-0.2, -0.15) is 15.0 Å². The van der Waals surface area contributed by atoms with Crippen LogP contribution in [0.1, 0.15) is 32.2 Å². The van der Waals surface area contributed by atoms with Crippen LogP contribution in [0.5, 0.6) is 0 Å². The molecule has 34 heavy (non-hydrogen) atoms. The summed E-state index contributed by atoms with van der Waals surface area (Å²) in [7, 11) is 0. The highest BCUT2D eigenvalue weighted by Gasteiger charge is 2.15. The molecule has 0 spiro atoms. The molecule has 0 atom stereocenters. The molecule has 0 bridgehead atoms. The fourth-order valence-corrected chi connectivity index (χ4v) is 4.60. The second-order valence-electron chi connectivity index (χ2n) is 8.22. The van der Waals surface area contributed by atoms with Crippen LogP contribution in [0.15, 0.2) is 52.4 Å². The van der Waals surface area contributed by atoms with Crippen LogP contribution in [0.3, 0.4) is 0 Å². The summed E-state index contributed by atoms with van der Waals surface area (Å²) in [6.45, 7) is 6.76. The van der Waals surface area contributed by atoms with Gasteiger partial charge in [0.15, 0.2) is 5.16 Å². The van der Waals surface area contributed by atoms with E-state index in [0.717, 1.165) is 17.7 Å². The molecule has 4 rings (SSSR count). The van der Waals surface area contributed by atoms with E-state index >= 15 is 0 Å². The second-order valence-corrected chi connectivity index (χ2v) is 9.60. The van der Waals surface area contributed by atoms with E-state index in [9.17, 15) is 4.79 Å². The quantitative estimate of drug-likeness (QED) is 0.257. The Kier molecular flexibility index (Phi) is 7.33. The van der Waals surface area contributed by atoms with Gasteiger partial charge in [-0.25, -0.2) is 4.98 Å². The molecular formula is C24H26ClN7OS. The standard InChI is InChI=1S/C24H26ClN7OS/c1-4-15-7-5-6-8-18(15)27-23-30-20(29-22(26)31-23)13-34-24-28-19-11-16(25)9-10-17(19)21(33)32(24)12-14(2)3/h5-11,14H,4,12-13H2,1-3H3,(H3,26,27,29,30,31). The molecule has 0 radical (unpaired) electrons. The van der Waals surface area contributed by atoms with Crippen molar-refractivity contribution < 1.29 is 0 Å². The minimum Gasteiger partial charge on any atom is -0.368 e. The molecule has 0 saturated carbocycles. The van der Waals surface area contributed by atoms with Crippen molar-refractivity contribution in [3.8, 4) is 0 Å². The SMILES string of the molecule is CCc1ccccc1Nc1nc(N)nc(CSc2nc3cc(Cl)ccc3c(=O)n2CC(C)C)n1. The van der Waals surface area contributed by atoms with E-state index in [1.54, 1.807) is 22.8 Å². The minimum absolute atomic E-state index is 0.0912. The number of thioether (sulfide) groups is 1. The molecule has 4 aromatic rings. The van der Waals surface area contributed by atoms with E-state index in [4.69, 9.17) is 22.3 Å². The van der Waals surface area contributed by atoms with Gasteiger partial charge in [0.05, 0.1) is 16.7 Å². The Morgan fingerprint density at radius 1 is 1.12 bits per heavy atom. The van der Waals surface area contributed by atoms with E-state index in [2.05, 4.69) is 47.1 Å². The van der Waals surface area contributed by atoms with Gasteiger partial charge >= 0.3 is 0 Å². The Morgan fingerprint density at radius 2 is 1.91 bits per heavy atom. The van der Waals surface area contributed by atoms with Crippen molar-refractivity contribution in [3.05, 3.63) is 69.2 Å². The molecule has 176 valence electrons. The van der Waals surface area contributed by atoms with Crippen LogP contribution >= 0.6 is 23.4 Å². The normalized spacial score (nSPS) is 11.3. The number of fused-ring (bicyclic) bond motifs is 1. The summed E-state index contributed by atoms with van der Waals surface area (Å²) in [4.78, 5) is 30.9. The van der Waals surface area contributed by atoms with Gasteiger partial charge < -0.3 is 11.1 Å². The lowest BCUT2D eigenvalue weighted by molar-refractivity contribution is 0.475. The first-order valence-corrected chi connectivity index (χ1v) is 12.4. The van der Waals surface area contributed by atoms with Crippen molar-refractivity contribution in [2.75, 3.05) is 11.1 Å². The first kappa shape index (κ1) is 24.0. The summed E-state index contributed by atoms with van der Waals surface area (Å²) in [5, 5.41) is 4.90. The summed E-state index contributed by atoms with van der Waals surface area (Å²) in [6, 6.07) is 13.1. The molecule has 0 unspecified atom stereocenters. The highest BCUT2D eigenvalue weighted by Crippen LogP contribution is 2.25. The van der Waals surface area contributed by atoms with Gasteiger partial charge in [-0.3, -0.25) is 9.36 Å². The predicted octanol–water partition coefficient (Wildman–Crippen LogP) is 5.07. The highest BCUT2D eigenvalue weighted by atomic mass is 35.5. The third kappa shape index (κ3) is 5.48. The summed E-state index contributed by atoms with van der Waals surface area (Å²) in [6.07, 6.45) is 0.872. The Balaban J connectivity index is 1.64. The van der Waals surface area contributed by atoms with Crippen molar-refractivity contribution in [3.63, 3.8) is 0 Å². The molecule has 0 aliphatic heterocycles. The van der Waals surface area contributed by atoms with Crippen LogP contribution in [0, 0.1) is 5.92 Å². The van der Waals surface area contributed by atoms with Crippen molar-refractivity contribution in [1.29, 1.82) is 0 Å². The number of nitrogens with zero attached hydrogens (tertiary/aromatic N) is 5. The fraction of sp³-hybridized carbons (Fsp3) is 0.292. The van der Waals surface area contributed by atoms with Gasteiger partial charge in [0.1, 0.15) is 5.82 Å². The number of hydrogen-bond acceptors (Lipinski definition) is 8. The second kappa shape index (κ2) is 10.4. The molecule has 0 saturated heterocycles. The molecule has 8 nitrogen and oxygen atoms in total. The van der Waals surface area contributed by atoms with Gasteiger partial charge in [-0.15, -0.1) is 0 Å². The van der Waals surface area contributed by atoms with Crippen LogP contribution in [0.25, 0.3) is 10.9 Å². The average Bonchev–Trinajstić information content (AvgIpc) is 2.79. The molecular weight excluding hydrogens is 470 g/mol. The number of aryl methyl sites for hydroxylation is 1. The topological polar surface area (TPSA) is 112 Å². The van der Waals surface area contributed by atoms with E-state index < -0.39 is 0 Å². The minimum atomic E-state index is -0.0912. The summed E-state index contributed by atoms with van der Waals surface area (Å²) in [5.41, 5.74) is 8.51. The third-order valence-corrected chi connectivity index (χ3v) is 6.31. The van der Waals surface area contributed by atoms with Crippen LogP contribution in [-0.2, 0) is 18.7 Å². The van der Waals surface area contributed by atoms with E-state index in [-0.39, 0.29) is 17.4 Å². The van der Waals surface area contributed by atoms with Gasteiger partial charge in [0.2, 0.25) is 11.9 Å². The summed E-state index contributed by atoms with van der Waals surface area (Å²) >= 11 is 7.52. The first-order chi connectivity index (χ1) is 16.3. The van der Waals surface area contributed by atoms with E-state index in [0.29, 0.717) is 45.2 Å². The molecule has 2 aromatic heterocycles. The number of anilines is 3. The van der Waals surface area contributed by atoms with Crippen LogP contribution in [-0.4, -0.2) is 24.5 Å². The zero-order valence-electron chi connectivity index (χ0n) is 19.2. The lowest BCUT2D eigenvalue weighted by Gasteiger charge is -2.15. The molecule has 0 aliphatic rings. The number of benzene rings is 2. The number of nitrogens with two attached hydrogens (primary N) is 1. The Bertz CT molecular complexity index is 1390. The van der Waals surface area contributed by atoms with Crippen LogP contribution in [0.2, 0.25) is 5.02 Å². The highest BCUT2D eigenvalue weighted by molar-refractivity contribution is 7.98. The number of para-hydroxylation sites is 1. The van der Waals surface area contributed by atoms with Gasteiger partial charge in [0, 0.05) is 17.3 Å². The van der Waals surface area contributed by atoms with Crippen molar-refractivity contribution in [2.24, 2.45) is 5.92 Å². The van der Waals surface area contributed by atoms with Crippen LogP contribution in [0.4, 0.5) is 17.6 Å². The molecule has 2 heterocycles. The number of rotatable bonds is 8. The monoisotopic (exact) mass is 495 g/mol. The Hall–Kier alpha value is -3.17. The van der Waals surface area contributed by atoms with Crippen molar-refractivity contribution >= 4 is 51.8 Å². The average molecular weight is 496 g/mol. The molecule has 0 aliphatic carbocycles. The summed E-state index contributed by atoms with van der Waals surface area (Å²) in [5.74, 6) is 1.63. The van der Waals surface area contributed by atoms with Crippen LogP contribution < -0.4 is 16.6 Å². The first-order valence-electron chi connectivity index (χ1n) is 11.0. The number of halogens is 1. The van der Waals surface area contributed by atoms with Gasteiger partial charge in [-0.1, -0.05) is 62.3 Å². The maximum absolute atomic E-state index is 13.2. The zero-order chi connectivity index (χ0) is 24.2. The fourth-order valence-electron chi connectivity index (χ4n) is 3.57. The maximum Gasteiger partial charge on any atom is 0.262 e. The lowest BCUT2D eigenvalue weighted by atomic mass is 10.1. The smallest absolute Gasteiger partial charge is 0.262 e. The van der Waals surface area contributed by atoms with E-state index in [1.165, 1.54) is 11.8 Å². The largest absolute Gasteiger partial charge is 0.368 e. The maximum atomic E-state index is 13.2. The van der Waals surface area contributed by atoms with Gasteiger partial charge in [0.25, 0.3) is 5.56 Å². The van der Waals surface area contributed by atoms with E-state index in [1.807, 2.05) is 18.2 Å². The number of nitrogen functional groups attached to an aromatic ring is 1.